The van der Waals surface area contributed by atoms with Crippen LogP contribution in [0.1, 0.15) is 50.2 Å². The molecule has 4 heteroatoms. The topological polar surface area (TPSA) is 45.2 Å². The fourth-order valence-electron chi connectivity index (χ4n) is 1.96. The van der Waals surface area contributed by atoms with Gasteiger partial charge in [0.2, 0.25) is 0 Å². The Morgan fingerprint density at radius 3 is 2.60 bits per heavy atom. The number of aryl methyl sites for hydroxylation is 1. The number of rotatable bonds is 6. The average molecular weight is 277 g/mol. The van der Waals surface area contributed by atoms with Crippen molar-refractivity contribution in [2.75, 3.05) is 18.9 Å². The van der Waals surface area contributed by atoms with E-state index in [0.29, 0.717) is 11.5 Å². The third-order valence-corrected chi connectivity index (χ3v) is 3.73. The van der Waals surface area contributed by atoms with E-state index < -0.39 is 0 Å². The number of carbonyl (C=O) groups excluding carboxylic acids is 1. The molecule has 1 aromatic rings. The van der Waals surface area contributed by atoms with Crippen LogP contribution in [0.4, 0.5) is 5.69 Å². The molecule has 0 fully saturated rings. The van der Waals surface area contributed by atoms with Crippen LogP contribution in [0.25, 0.3) is 0 Å². The molecule has 0 saturated carbocycles. The summed E-state index contributed by atoms with van der Waals surface area (Å²) in [6.45, 7) is 11.2. The molecule has 0 spiro atoms. The molecule has 0 saturated heterocycles. The van der Waals surface area contributed by atoms with E-state index in [0.717, 1.165) is 24.3 Å². The molecule has 0 aliphatic carbocycles. The third-order valence-electron chi connectivity index (χ3n) is 3.73. The highest BCUT2D eigenvalue weighted by molar-refractivity contribution is 5.99. The second-order valence-corrected chi connectivity index (χ2v) is 5.70. The van der Waals surface area contributed by atoms with Gasteiger partial charge < -0.3 is 10.2 Å². The highest BCUT2D eigenvalue weighted by Gasteiger charge is 2.22. The van der Waals surface area contributed by atoms with Crippen LogP contribution < -0.4 is 5.32 Å². The molecule has 1 heterocycles. The number of amides is 1. The zero-order valence-electron chi connectivity index (χ0n) is 13.5. The van der Waals surface area contributed by atoms with E-state index in [1.54, 1.807) is 11.1 Å². The number of nitrogens with zero attached hydrogens (tertiary/aromatic N) is 2. The Balaban J connectivity index is 3.02. The van der Waals surface area contributed by atoms with Crippen molar-refractivity contribution in [3.05, 3.63) is 23.5 Å². The molecular weight excluding hydrogens is 250 g/mol. The van der Waals surface area contributed by atoms with E-state index in [1.165, 1.54) is 0 Å². The fourth-order valence-corrected chi connectivity index (χ4v) is 1.96. The van der Waals surface area contributed by atoms with Crippen molar-refractivity contribution in [2.45, 2.75) is 47.1 Å². The van der Waals surface area contributed by atoms with Gasteiger partial charge in [-0.3, -0.25) is 9.78 Å². The second kappa shape index (κ2) is 7.27. The number of aromatic nitrogens is 1. The zero-order valence-corrected chi connectivity index (χ0v) is 13.5. The van der Waals surface area contributed by atoms with E-state index in [9.17, 15) is 4.79 Å². The van der Waals surface area contributed by atoms with Crippen molar-refractivity contribution in [2.24, 2.45) is 5.92 Å². The Kier molecular flexibility index (Phi) is 5.99. The smallest absolute Gasteiger partial charge is 0.257 e. The normalized spacial score (nSPS) is 12.3. The Hall–Kier alpha value is -1.58. The first kappa shape index (κ1) is 16.5. The Morgan fingerprint density at radius 1 is 1.40 bits per heavy atom. The summed E-state index contributed by atoms with van der Waals surface area (Å²) in [6, 6.07) is 2.14. The molecule has 112 valence electrons. The van der Waals surface area contributed by atoms with Gasteiger partial charge in [0, 0.05) is 31.5 Å². The van der Waals surface area contributed by atoms with Gasteiger partial charge in [-0.05, 0) is 32.3 Å². The quantitative estimate of drug-likeness (QED) is 0.867. The maximum atomic E-state index is 12.6. The van der Waals surface area contributed by atoms with E-state index in [-0.39, 0.29) is 11.9 Å². The molecule has 4 nitrogen and oxygen atoms in total. The molecule has 0 aromatic carbocycles. The van der Waals surface area contributed by atoms with Crippen molar-refractivity contribution in [1.29, 1.82) is 0 Å². The largest absolute Gasteiger partial charge is 0.384 e. The predicted octanol–water partition coefficient (Wildman–Crippen LogP) is 3.33. The SMILES string of the molecule is CCCNc1cc(C)ncc1C(=O)N(C)C(C)C(C)C. The number of anilines is 1. The fraction of sp³-hybridized carbons (Fsp3) is 0.625. The molecule has 0 aliphatic rings. The van der Waals surface area contributed by atoms with Gasteiger partial charge in [-0.1, -0.05) is 20.8 Å². The van der Waals surface area contributed by atoms with Gasteiger partial charge >= 0.3 is 0 Å². The highest BCUT2D eigenvalue weighted by Crippen LogP contribution is 2.20. The molecule has 1 rings (SSSR count). The number of hydrogen-bond acceptors (Lipinski definition) is 3. The summed E-state index contributed by atoms with van der Waals surface area (Å²) >= 11 is 0. The summed E-state index contributed by atoms with van der Waals surface area (Å²) in [6.07, 6.45) is 2.70. The van der Waals surface area contributed by atoms with Crippen molar-refractivity contribution in [1.82, 2.24) is 9.88 Å². The summed E-state index contributed by atoms with van der Waals surface area (Å²) in [5.41, 5.74) is 2.45. The molecule has 0 bridgehead atoms. The molecule has 1 atom stereocenters. The molecule has 0 radical (unpaired) electrons. The molecule has 1 N–H and O–H groups in total. The summed E-state index contributed by atoms with van der Waals surface area (Å²) < 4.78 is 0. The molecule has 1 unspecified atom stereocenters. The van der Waals surface area contributed by atoms with Crippen molar-refractivity contribution in [3.8, 4) is 0 Å². The van der Waals surface area contributed by atoms with Crippen LogP contribution >= 0.6 is 0 Å². The van der Waals surface area contributed by atoms with Gasteiger partial charge in [0.25, 0.3) is 5.91 Å². The minimum Gasteiger partial charge on any atom is -0.384 e. The first-order valence-electron chi connectivity index (χ1n) is 7.36. The summed E-state index contributed by atoms with van der Waals surface area (Å²) in [7, 11) is 1.86. The van der Waals surface area contributed by atoms with E-state index >= 15 is 0 Å². The van der Waals surface area contributed by atoms with Gasteiger partial charge in [-0.15, -0.1) is 0 Å². The van der Waals surface area contributed by atoms with Gasteiger partial charge in [-0.2, -0.15) is 0 Å². The van der Waals surface area contributed by atoms with Gasteiger partial charge in [0.1, 0.15) is 0 Å². The van der Waals surface area contributed by atoms with Gasteiger partial charge in [0.15, 0.2) is 0 Å². The van der Waals surface area contributed by atoms with Crippen molar-refractivity contribution >= 4 is 11.6 Å². The lowest BCUT2D eigenvalue weighted by Gasteiger charge is -2.28. The van der Waals surface area contributed by atoms with Gasteiger partial charge in [-0.25, -0.2) is 0 Å². The first-order valence-corrected chi connectivity index (χ1v) is 7.36. The molecule has 0 aliphatic heterocycles. The zero-order chi connectivity index (χ0) is 15.3. The number of pyridine rings is 1. The maximum Gasteiger partial charge on any atom is 0.257 e. The Labute approximate surface area is 122 Å². The summed E-state index contributed by atoms with van der Waals surface area (Å²) in [4.78, 5) is 18.7. The monoisotopic (exact) mass is 277 g/mol. The van der Waals surface area contributed by atoms with Crippen LogP contribution in [0.15, 0.2) is 12.3 Å². The minimum atomic E-state index is 0.0253. The van der Waals surface area contributed by atoms with Crippen LogP contribution in [0.5, 0.6) is 0 Å². The standard InChI is InChI=1S/C16H27N3O/c1-7-8-17-15-9-12(4)18-10-14(15)16(20)19(6)13(5)11(2)3/h9-11,13H,7-8H2,1-6H3,(H,17,18). The number of hydrogen-bond donors (Lipinski definition) is 1. The van der Waals surface area contributed by atoms with Crippen LogP contribution in [-0.4, -0.2) is 35.4 Å². The van der Waals surface area contributed by atoms with E-state index in [1.807, 2.05) is 20.0 Å². The average Bonchev–Trinajstić information content (AvgIpc) is 2.42. The Bertz CT molecular complexity index is 457. The van der Waals surface area contributed by atoms with Crippen LogP contribution in [0.3, 0.4) is 0 Å². The molecular formula is C16H27N3O. The Morgan fingerprint density at radius 2 is 2.05 bits per heavy atom. The lowest BCUT2D eigenvalue weighted by molar-refractivity contribution is 0.0707. The van der Waals surface area contributed by atoms with Crippen LogP contribution in [0, 0.1) is 12.8 Å². The first-order chi connectivity index (χ1) is 9.38. The maximum absolute atomic E-state index is 12.6. The van der Waals surface area contributed by atoms with E-state index in [2.05, 4.69) is 38.0 Å². The van der Waals surface area contributed by atoms with Crippen LogP contribution in [-0.2, 0) is 0 Å². The summed E-state index contributed by atoms with van der Waals surface area (Å²) in [5, 5.41) is 3.32. The van der Waals surface area contributed by atoms with Crippen LogP contribution in [0.2, 0.25) is 0 Å². The summed E-state index contributed by atoms with van der Waals surface area (Å²) in [5.74, 6) is 0.451. The number of carbonyl (C=O) groups is 1. The predicted molar refractivity (Wildman–Crippen MR) is 84.1 cm³/mol. The van der Waals surface area contributed by atoms with Crippen molar-refractivity contribution < 1.29 is 4.79 Å². The van der Waals surface area contributed by atoms with Crippen molar-refractivity contribution in [3.63, 3.8) is 0 Å². The second-order valence-electron chi connectivity index (χ2n) is 5.70. The lowest BCUT2D eigenvalue weighted by Crippen LogP contribution is -2.38. The van der Waals surface area contributed by atoms with Gasteiger partial charge in [0.05, 0.1) is 11.3 Å². The lowest BCUT2D eigenvalue weighted by atomic mass is 10.0. The third kappa shape index (κ3) is 3.95. The number of nitrogens with one attached hydrogen (secondary N) is 1. The molecule has 1 aromatic heterocycles. The minimum absolute atomic E-state index is 0.0253. The highest BCUT2D eigenvalue weighted by atomic mass is 16.2. The molecule has 20 heavy (non-hydrogen) atoms. The molecule has 1 amide bonds. The van der Waals surface area contributed by atoms with E-state index in [4.69, 9.17) is 0 Å².